The molecule has 1 aromatic rings. The molecule has 0 saturated carbocycles. The van der Waals surface area contributed by atoms with Gasteiger partial charge in [0, 0.05) is 44.9 Å². The maximum Gasteiger partial charge on any atom is 0.257 e. The van der Waals surface area contributed by atoms with Gasteiger partial charge in [-0.1, -0.05) is 0 Å². The fraction of sp³-hybridized carbons (Fsp3) is 0.500. The van der Waals surface area contributed by atoms with Crippen molar-refractivity contribution in [1.82, 2.24) is 15.2 Å². The molecule has 100 valence electrons. The molecule has 0 saturated heterocycles. The van der Waals surface area contributed by atoms with Crippen LogP contribution in [0.3, 0.4) is 0 Å². The highest BCUT2D eigenvalue weighted by Crippen LogP contribution is 2.21. The van der Waals surface area contributed by atoms with Gasteiger partial charge < -0.3 is 15.1 Å². The second-order valence-corrected chi connectivity index (χ2v) is 5.17. The Labute approximate surface area is 116 Å². The van der Waals surface area contributed by atoms with Crippen LogP contribution in [-0.4, -0.2) is 57.1 Å². The molecule has 1 rings (SSSR count). The lowest BCUT2D eigenvalue weighted by Gasteiger charge is -2.21. The number of aromatic nitrogens is 1. The van der Waals surface area contributed by atoms with Gasteiger partial charge in [-0.05, 0) is 29.0 Å². The molecule has 18 heavy (non-hydrogen) atoms. The molecule has 0 atom stereocenters. The van der Waals surface area contributed by atoms with Crippen LogP contribution < -0.4 is 10.2 Å². The Bertz CT molecular complexity index is 423. The lowest BCUT2D eigenvalue weighted by molar-refractivity contribution is 0.0797. The number of carbonyl (C=O) groups is 1. The number of amides is 1. The van der Waals surface area contributed by atoms with Crippen molar-refractivity contribution in [1.29, 1.82) is 0 Å². The van der Waals surface area contributed by atoms with Crippen LogP contribution in [0.1, 0.15) is 10.4 Å². The lowest BCUT2D eigenvalue weighted by atomic mass is 10.2. The third kappa shape index (κ3) is 3.68. The van der Waals surface area contributed by atoms with Gasteiger partial charge >= 0.3 is 0 Å². The largest absolute Gasteiger partial charge is 0.362 e. The highest BCUT2D eigenvalue weighted by Gasteiger charge is 2.18. The van der Waals surface area contributed by atoms with Gasteiger partial charge in [0.25, 0.3) is 5.91 Å². The van der Waals surface area contributed by atoms with E-state index in [0.717, 1.165) is 11.0 Å². The molecule has 0 spiro atoms. The van der Waals surface area contributed by atoms with Gasteiger partial charge in [0.1, 0.15) is 5.82 Å². The van der Waals surface area contributed by atoms with Crippen molar-refractivity contribution >= 4 is 27.7 Å². The van der Waals surface area contributed by atoms with E-state index in [-0.39, 0.29) is 5.91 Å². The van der Waals surface area contributed by atoms with Crippen LogP contribution in [0.2, 0.25) is 0 Å². The molecular weight excluding hydrogens is 296 g/mol. The van der Waals surface area contributed by atoms with Crippen molar-refractivity contribution in [3.8, 4) is 0 Å². The minimum absolute atomic E-state index is 0.0252. The Morgan fingerprint density at radius 1 is 1.44 bits per heavy atom. The molecule has 0 aromatic carbocycles. The molecule has 1 heterocycles. The summed E-state index contributed by atoms with van der Waals surface area (Å²) in [5, 5.41) is 3.02. The third-order valence-corrected chi connectivity index (χ3v) is 2.96. The summed E-state index contributed by atoms with van der Waals surface area (Å²) >= 11 is 3.35. The highest BCUT2D eigenvalue weighted by atomic mass is 79.9. The Balaban J connectivity index is 2.99. The quantitative estimate of drug-likeness (QED) is 0.887. The Morgan fingerprint density at radius 2 is 2.11 bits per heavy atom. The SMILES string of the molecule is CNCCN(C)C(=O)c1cc(Br)cnc1N(C)C. The number of hydrogen-bond acceptors (Lipinski definition) is 4. The number of halogens is 1. The number of likely N-dealkylation sites (N-methyl/N-ethyl adjacent to an activating group) is 2. The first-order chi connectivity index (χ1) is 8.47. The smallest absolute Gasteiger partial charge is 0.257 e. The normalized spacial score (nSPS) is 10.3. The van der Waals surface area contributed by atoms with Crippen molar-refractivity contribution in [3.05, 3.63) is 22.3 Å². The molecule has 0 aliphatic heterocycles. The summed E-state index contributed by atoms with van der Waals surface area (Å²) in [5.41, 5.74) is 0.605. The number of nitrogens with one attached hydrogen (secondary N) is 1. The summed E-state index contributed by atoms with van der Waals surface area (Å²) in [6.07, 6.45) is 1.69. The molecule has 1 aromatic heterocycles. The van der Waals surface area contributed by atoms with E-state index >= 15 is 0 Å². The van der Waals surface area contributed by atoms with E-state index < -0.39 is 0 Å². The summed E-state index contributed by atoms with van der Waals surface area (Å²) in [6.45, 7) is 1.43. The zero-order valence-corrected chi connectivity index (χ0v) is 12.8. The van der Waals surface area contributed by atoms with E-state index in [0.29, 0.717) is 17.9 Å². The molecule has 0 unspecified atom stereocenters. The van der Waals surface area contributed by atoms with E-state index in [2.05, 4.69) is 26.2 Å². The predicted octanol–water partition coefficient (Wildman–Crippen LogP) is 1.20. The zero-order chi connectivity index (χ0) is 13.7. The number of pyridine rings is 1. The Kier molecular flexibility index (Phi) is 5.55. The maximum atomic E-state index is 12.3. The number of rotatable bonds is 5. The van der Waals surface area contributed by atoms with Crippen LogP contribution in [0, 0.1) is 0 Å². The summed E-state index contributed by atoms with van der Waals surface area (Å²) in [7, 11) is 7.41. The van der Waals surface area contributed by atoms with Gasteiger partial charge in [0.15, 0.2) is 0 Å². The van der Waals surface area contributed by atoms with Crippen LogP contribution in [0.25, 0.3) is 0 Å². The summed E-state index contributed by atoms with van der Waals surface area (Å²) < 4.78 is 0.804. The first-order valence-corrected chi connectivity index (χ1v) is 6.49. The standard InChI is InChI=1S/C12H19BrN4O/c1-14-5-6-17(4)12(18)10-7-9(13)8-15-11(10)16(2)3/h7-8,14H,5-6H2,1-4H3. The number of anilines is 1. The molecule has 0 fully saturated rings. The van der Waals surface area contributed by atoms with E-state index in [1.807, 2.05) is 26.0 Å². The second-order valence-electron chi connectivity index (χ2n) is 4.25. The van der Waals surface area contributed by atoms with Crippen LogP contribution in [0.15, 0.2) is 16.7 Å². The summed E-state index contributed by atoms with van der Waals surface area (Å²) in [4.78, 5) is 20.1. The number of carbonyl (C=O) groups excluding carboxylic acids is 1. The Morgan fingerprint density at radius 3 is 2.67 bits per heavy atom. The minimum atomic E-state index is -0.0252. The van der Waals surface area contributed by atoms with Crippen molar-refractivity contribution in [3.63, 3.8) is 0 Å². The first kappa shape index (κ1) is 14.9. The monoisotopic (exact) mass is 314 g/mol. The Hall–Kier alpha value is -1.14. The molecule has 1 amide bonds. The topological polar surface area (TPSA) is 48.5 Å². The van der Waals surface area contributed by atoms with E-state index in [1.54, 1.807) is 24.2 Å². The average Bonchev–Trinajstić information content (AvgIpc) is 2.34. The van der Waals surface area contributed by atoms with Crippen LogP contribution in [0.4, 0.5) is 5.82 Å². The molecule has 0 aliphatic rings. The van der Waals surface area contributed by atoms with Crippen molar-refractivity contribution in [2.45, 2.75) is 0 Å². The van der Waals surface area contributed by atoms with Crippen molar-refractivity contribution in [2.24, 2.45) is 0 Å². The fourth-order valence-corrected chi connectivity index (χ4v) is 1.86. The van der Waals surface area contributed by atoms with Gasteiger partial charge in [0.2, 0.25) is 0 Å². The maximum absolute atomic E-state index is 12.3. The van der Waals surface area contributed by atoms with Gasteiger partial charge in [-0.15, -0.1) is 0 Å². The predicted molar refractivity (Wildman–Crippen MR) is 77.2 cm³/mol. The number of hydrogen-bond donors (Lipinski definition) is 1. The van der Waals surface area contributed by atoms with Crippen LogP contribution >= 0.6 is 15.9 Å². The molecule has 6 heteroatoms. The van der Waals surface area contributed by atoms with Crippen molar-refractivity contribution in [2.75, 3.05) is 46.2 Å². The summed E-state index contributed by atoms with van der Waals surface area (Å²) in [5.74, 6) is 0.655. The van der Waals surface area contributed by atoms with Crippen molar-refractivity contribution < 1.29 is 4.79 Å². The fourth-order valence-electron chi connectivity index (χ4n) is 1.53. The summed E-state index contributed by atoms with van der Waals surface area (Å²) in [6, 6.07) is 1.81. The van der Waals surface area contributed by atoms with Gasteiger partial charge in [0.05, 0.1) is 5.56 Å². The van der Waals surface area contributed by atoms with E-state index in [4.69, 9.17) is 0 Å². The molecule has 0 bridgehead atoms. The highest BCUT2D eigenvalue weighted by molar-refractivity contribution is 9.10. The van der Waals surface area contributed by atoms with Gasteiger partial charge in [-0.25, -0.2) is 4.98 Å². The van der Waals surface area contributed by atoms with Crippen LogP contribution in [0.5, 0.6) is 0 Å². The second kappa shape index (κ2) is 6.70. The van der Waals surface area contributed by atoms with Gasteiger partial charge in [-0.3, -0.25) is 4.79 Å². The minimum Gasteiger partial charge on any atom is -0.362 e. The molecule has 5 nitrogen and oxygen atoms in total. The van der Waals surface area contributed by atoms with E-state index in [1.165, 1.54) is 0 Å². The number of nitrogens with zero attached hydrogens (tertiary/aromatic N) is 3. The zero-order valence-electron chi connectivity index (χ0n) is 11.2. The molecule has 0 radical (unpaired) electrons. The molecule has 0 aliphatic carbocycles. The third-order valence-electron chi connectivity index (χ3n) is 2.53. The van der Waals surface area contributed by atoms with E-state index in [9.17, 15) is 4.79 Å². The lowest BCUT2D eigenvalue weighted by Crippen LogP contribution is -2.33. The van der Waals surface area contributed by atoms with Gasteiger partial charge in [-0.2, -0.15) is 0 Å². The average molecular weight is 315 g/mol. The molecular formula is C12H19BrN4O. The van der Waals surface area contributed by atoms with Crippen LogP contribution in [-0.2, 0) is 0 Å². The molecule has 1 N–H and O–H groups in total. The first-order valence-electron chi connectivity index (χ1n) is 5.70.